The molecule has 1 aliphatic heterocycles. The van der Waals surface area contributed by atoms with E-state index >= 15 is 0 Å². The van der Waals surface area contributed by atoms with Crippen LogP contribution in [0.25, 0.3) is 0 Å². The van der Waals surface area contributed by atoms with Gasteiger partial charge in [-0.15, -0.1) is 0 Å². The summed E-state index contributed by atoms with van der Waals surface area (Å²) in [6, 6.07) is 2.01. The second kappa shape index (κ2) is 5.88. The Morgan fingerprint density at radius 2 is 2.04 bits per heavy atom. The van der Waals surface area contributed by atoms with E-state index in [0.717, 1.165) is 42.5 Å². The van der Waals surface area contributed by atoms with Crippen molar-refractivity contribution < 1.29 is 4.52 Å². The van der Waals surface area contributed by atoms with Gasteiger partial charge in [0.15, 0.2) is 11.6 Å². The van der Waals surface area contributed by atoms with Gasteiger partial charge in [0.05, 0.1) is 12.1 Å². The van der Waals surface area contributed by atoms with E-state index in [-0.39, 0.29) is 5.54 Å². The number of aromatic nitrogens is 4. The predicted molar refractivity (Wildman–Crippen MR) is 87.1 cm³/mol. The van der Waals surface area contributed by atoms with Crippen LogP contribution in [0.2, 0.25) is 0 Å². The number of anilines is 1. The third-order valence-corrected chi connectivity index (χ3v) is 4.47. The SMILES string of the molecule is Cc1cc(N(C)C)nc(C2(C)CCCN2Cc2noc(C)n2)n1. The van der Waals surface area contributed by atoms with E-state index in [0.29, 0.717) is 12.4 Å². The topological polar surface area (TPSA) is 71.2 Å². The largest absolute Gasteiger partial charge is 0.363 e. The smallest absolute Gasteiger partial charge is 0.223 e. The van der Waals surface area contributed by atoms with Crippen LogP contribution in [-0.4, -0.2) is 45.6 Å². The van der Waals surface area contributed by atoms with Gasteiger partial charge in [0.1, 0.15) is 5.82 Å². The van der Waals surface area contributed by atoms with Crippen molar-refractivity contribution in [2.45, 2.75) is 45.7 Å². The van der Waals surface area contributed by atoms with E-state index in [2.05, 4.69) is 22.0 Å². The van der Waals surface area contributed by atoms with Crippen molar-refractivity contribution in [1.29, 1.82) is 0 Å². The van der Waals surface area contributed by atoms with Crippen LogP contribution in [0.5, 0.6) is 0 Å². The molecule has 0 aliphatic carbocycles. The molecule has 1 fully saturated rings. The summed E-state index contributed by atoms with van der Waals surface area (Å²) in [7, 11) is 4.00. The molecule has 0 aromatic carbocycles. The molecular weight excluding hydrogens is 292 g/mol. The fourth-order valence-corrected chi connectivity index (χ4v) is 3.12. The van der Waals surface area contributed by atoms with Crippen LogP contribution in [0.15, 0.2) is 10.6 Å². The lowest BCUT2D eigenvalue weighted by Crippen LogP contribution is -2.40. The highest BCUT2D eigenvalue weighted by Crippen LogP contribution is 2.38. The first-order valence-electron chi connectivity index (χ1n) is 7.96. The molecule has 0 bridgehead atoms. The highest BCUT2D eigenvalue weighted by Gasteiger charge is 2.41. The van der Waals surface area contributed by atoms with Crippen molar-refractivity contribution in [3.8, 4) is 0 Å². The van der Waals surface area contributed by atoms with Crippen molar-refractivity contribution in [1.82, 2.24) is 25.0 Å². The fraction of sp³-hybridized carbons (Fsp3) is 0.625. The van der Waals surface area contributed by atoms with E-state index in [1.54, 1.807) is 0 Å². The highest BCUT2D eigenvalue weighted by atomic mass is 16.5. The number of likely N-dealkylation sites (tertiary alicyclic amines) is 1. The molecule has 0 radical (unpaired) electrons. The van der Waals surface area contributed by atoms with Crippen LogP contribution in [0, 0.1) is 13.8 Å². The predicted octanol–water partition coefficient (Wildman–Crippen LogP) is 2.05. The lowest BCUT2D eigenvalue weighted by atomic mass is 9.97. The quantitative estimate of drug-likeness (QED) is 0.855. The van der Waals surface area contributed by atoms with Gasteiger partial charge < -0.3 is 9.42 Å². The fourth-order valence-electron chi connectivity index (χ4n) is 3.12. The summed E-state index contributed by atoms with van der Waals surface area (Å²) in [4.78, 5) is 18.2. The number of nitrogens with zero attached hydrogens (tertiary/aromatic N) is 6. The Labute approximate surface area is 136 Å². The van der Waals surface area contributed by atoms with Gasteiger partial charge in [0.25, 0.3) is 0 Å². The standard InChI is InChI=1S/C16H24N6O/c1-11-9-14(21(4)5)19-15(17-11)16(3)7-6-8-22(16)10-13-18-12(2)23-20-13/h9H,6-8,10H2,1-5H3. The van der Waals surface area contributed by atoms with Crippen LogP contribution in [0.3, 0.4) is 0 Å². The van der Waals surface area contributed by atoms with Crippen molar-refractivity contribution in [3.63, 3.8) is 0 Å². The molecule has 1 saturated heterocycles. The van der Waals surface area contributed by atoms with Crippen molar-refractivity contribution >= 4 is 5.82 Å². The number of hydrogen-bond donors (Lipinski definition) is 0. The maximum atomic E-state index is 5.09. The van der Waals surface area contributed by atoms with Gasteiger partial charge >= 0.3 is 0 Å². The zero-order chi connectivity index (χ0) is 16.6. The Hall–Kier alpha value is -2.02. The summed E-state index contributed by atoms with van der Waals surface area (Å²) < 4.78 is 5.09. The van der Waals surface area contributed by atoms with Gasteiger partial charge in [-0.1, -0.05) is 5.16 Å². The molecule has 0 amide bonds. The zero-order valence-electron chi connectivity index (χ0n) is 14.5. The molecule has 3 rings (SSSR count). The van der Waals surface area contributed by atoms with E-state index in [1.807, 2.05) is 38.9 Å². The number of aryl methyl sites for hydroxylation is 2. The molecule has 124 valence electrons. The maximum Gasteiger partial charge on any atom is 0.223 e. The van der Waals surface area contributed by atoms with Crippen LogP contribution < -0.4 is 4.90 Å². The van der Waals surface area contributed by atoms with E-state index in [1.165, 1.54) is 0 Å². The summed E-state index contributed by atoms with van der Waals surface area (Å²) in [5.41, 5.74) is 0.785. The molecule has 7 nitrogen and oxygen atoms in total. The van der Waals surface area contributed by atoms with Crippen LogP contribution in [0.4, 0.5) is 5.82 Å². The van der Waals surface area contributed by atoms with Gasteiger partial charge in [-0.2, -0.15) is 4.98 Å². The van der Waals surface area contributed by atoms with Crippen molar-refractivity contribution in [2.24, 2.45) is 0 Å². The molecule has 2 aromatic heterocycles. The van der Waals surface area contributed by atoms with Crippen LogP contribution in [0.1, 0.15) is 43.0 Å². The minimum absolute atomic E-state index is 0.203. The lowest BCUT2D eigenvalue weighted by molar-refractivity contribution is 0.132. The maximum absolute atomic E-state index is 5.09. The Morgan fingerprint density at radius 1 is 1.26 bits per heavy atom. The summed E-state index contributed by atoms with van der Waals surface area (Å²) in [5, 5.41) is 4.03. The van der Waals surface area contributed by atoms with Gasteiger partial charge in [-0.25, -0.2) is 9.97 Å². The molecule has 2 aromatic rings. The normalized spacial score (nSPS) is 21.8. The van der Waals surface area contributed by atoms with Gasteiger partial charge in [0, 0.05) is 32.8 Å². The second-order valence-corrected chi connectivity index (χ2v) is 6.61. The zero-order valence-corrected chi connectivity index (χ0v) is 14.5. The van der Waals surface area contributed by atoms with Gasteiger partial charge in [-0.05, 0) is 33.2 Å². The Kier molecular flexibility index (Phi) is 4.06. The molecule has 7 heteroatoms. The van der Waals surface area contributed by atoms with Crippen molar-refractivity contribution in [2.75, 3.05) is 25.5 Å². The molecule has 0 saturated carbocycles. The average Bonchev–Trinajstić information content (AvgIpc) is 3.06. The molecule has 23 heavy (non-hydrogen) atoms. The van der Waals surface area contributed by atoms with Gasteiger partial charge in [-0.3, -0.25) is 4.90 Å². The first kappa shape index (κ1) is 15.9. The van der Waals surface area contributed by atoms with Crippen molar-refractivity contribution in [3.05, 3.63) is 29.3 Å². The third kappa shape index (κ3) is 3.06. The third-order valence-electron chi connectivity index (χ3n) is 4.47. The summed E-state index contributed by atoms with van der Waals surface area (Å²) in [6.07, 6.45) is 2.14. The average molecular weight is 316 g/mol. The molecule has 0 spiro atoms. The minimum Gasteiger partial charge on any atom is -0.363 e. The Morgan fingerprint density at radius 3 is 2.70 bits per heavy atom. The Bertz CT molecular complexity index is 698. The van der Waals surface area contributed by atoms with Crippen LogP contribution >= 0.6 is 0 Å². The molecule has 0 N–H and O–H groups in total. The molecule has 1 atom stereocenters. The molecular formula is C16H24N6O. The highest BCUT2D eigenvalue weighted by molar-refractivity contribution is 5.38. The number of rotatable bonds is 4. The number of hydrogen-bond acceptors (Lipinski definition) is 7. The minimum atomic E-state index is -0.203. The monoisotopic (exact) mass is 316 g/mol. The molecule has 1 aliphatic rings. The lowest BCUT2D eigenvalue weighted by Gasteiger charge is -2.33. The van der Waals surface area contributed by atoms with Crippen LogP contribution in [-0.2, 0) is 12.1 Å². The van der Waals surface area contributed by atoms with E-state index in [4.69, 9.17) is 14.5 Å². The van der Waals surface area contributed by atoms with E-state index < -0.39 is 0 Å². The first-order chi connectivity index (χ1) is 10.9. The molecule has 1 unspecified atom stereocenters. The van der Waals surface area contributed by atoms with E-state index in [9.17, 15) is 0 Å². The first-order valence-corrected chi connectivity index (χ1v) is 7.96. The second-order valence-electron chi connectivity index (χ2n) is 6.61. The Balaban J connectivity index is 1.92. The summed E-state index contributed by atoms with van der Waals surface area (Å²) in [5.74, 6) is 3.13. The van der Waals surface area contributed by atoms with Gasteiger partial charge in [0.2, 0.25) is 5.89 Å². The summed E-state index contributed by atoms with van der Waals surface area (Å²) >= 11 is 0. The summed E-state index contributed by atoms with van der Waals surface area (Å²) in [6.45, 7) is 7.68. The molecule has 3 heterocycles.